The summed E-state index contributed by atoms with van der Waals surface area (Å²) in [7, 11) is 0. The molecule has 0 saturated heterocycles. The van der Waals surface area contributed by atoms with E-state index in [-0.39, 0.29) is 0 Å². The minimum atomic E-state index is 0.460. The predicted molar refractivity (Wildman–Crippen MR) is 55.3 cm³/mol. The zero-order chi connectivity index (χ0) is 10.4. The van der Waals surface area contributed by atoms with Crippen molar-refractivity contribution < 1.29 is 4.74 Å². The number of nitrogens with two attached hydrogens (primary N) is 1. The first-order chi connectivity index (χ1) is 6.77. The van der Waals surface area contributed by atoms with Gasteiger partial charge in [-0.15, -0.1) is 0 Å². The predicted octanol–water partition coefficient (Wildman–Crippen LogP) is 1.08. The van der Waals surface area contributed by atoms with Gasteiger partial charge >= 0.3 is 6.01 Å². The van der Waals surface area contributed by atoms with Crippen molar-refractivity contribution in [3.8, 4) is 6.01 Å². The van der Waals surface area contributed by atoms with Crippen LogP contribution in [-0.2, 0) is 6.42 Å². The van der Waals surface area contributed by atoms with Gasteiger partial charge in [0.2, 0.25) is 0 Å². The highest BCUT2D eigenvalue weighted by Crippen LogP contribution is 2.10. The number of ether oxygens (including phenoxy) is 1. The van der Waals surface area contributed by atoms with Crippen molar-refractivity contribution in [2.45, 2.75) is 26.7 Å². The van der Waals surface area contributed by atoms with E-state index in [9.17, 15) is 0 Å². The first-order valence-corrected chi connectivity index (χ1v) is 4.93. The molecule has 0 atom stereocenters. The van der Waals surface area contributed by atoms with E-state index in [0.717, 1.165) is 24.1 Å². The highest BCUT2D eigenvalue weighted by atomic mass is 16.5. The lowest BCUT2D eigenvalue weighted by molar-refractivity contribution is 0.311. The molecule has 14 heavy (non-hydrogen) atoms. The first-order valence-electron chi connectivity index (χ1n) is 4.93. The summed E-state index contributed by atoms with van der Waals surface area (Å²) in [4.78, 5) is 8.35. The van der Waals surface area contributed by atoms with Gasteiger partial charge in [-0.1, -0.05) is 0 Å². The van der Waals surface area contributed by atoms with Crippen LogP contribution in [0.3, 0.4) is 0 Å². The third-order valence-electron chi connectivity index (χ3n) is 1.98. The van der Waals surface area contributed by atoms with E-state index >= 15 is 0 Å². The number of hydrogen-bond donors (Lipinski definition) is 1. The third-order valence-corrected chi connectivity index (χ3v) is 1.98. The monoisotopic (exact) mass is 195 g/mol. The average Bonchev–Trinajstić information content (AvgIpc) is 2.17. The third kappa shape index (κ3) is 2.96. The minimum absolute atomic E-state index is 0.460. The van der Waals surface area contributed by atoms with Crippen molar-refractivity contribution in [1.82, 2.24) is 9.97 Å². The van der Waals surface area contributed by atoms with Crippen LogP contribution < -0.4 is 10.5 Å². The molecular weight excluding hydrogens is 178 g/mol. The van der Waals surface area contributed by atoms with E-state index in [1.54, 1.807) is 0 Å². The van der Waals surface area contributed by atoms with Crippen LogP contribution in [0.25, 0.3) is 0 Å². The fraction of sp³-hybridized carbons (Fsp3) is 0.600. The van der Waals surface area contributed by atoms with E-state index < -0.39 is 0 Å². The highest BCUT2D eigenvalue weighted by Gasteiger charge is 2.02. The smallest absolute Gasteiger partial charge is 0.316 e. The number of aromatic nitrogens is 2. The molecule has 1 aromatic rings. The molecule has 0 aliphatic heterocycles. The van der Waals surface area contributed by atoms with E-state index in [4.69, 9.17) is 10.5 Å². The normalized spacial score (nSPS) is 10.2. The Balaban J connectivity index is 2.68. The summed E-state index contributed by atoms with van der Waals surface area (Å²) >= 11 is 0. The molecule has 0 saturated carbocycles. The quantitative estimate of drug-likeness (QED) is 0.763. The molecule has 4 nitrogen and oxygen atoms in total. The average molecular weight is 195 g/mol. The summed E-state index contributed by atoms with van der Waals surface area (Å²) in [6.45, 7) is 5.19. The topological polar surface area (TPSA) is 61.0 Å². The van der Waals surface area contributed by atoms with Crippen LogP contribution in [0.15, 0.2) is 6.20 Å². The van der Waals surface area contributed by atoms with E-state index in [0.29, 0.717) is 19.2 Å². The summed E-state index contributed by atoms with van der Waals surface area (Å²) in [6, 6.07) is 0.460. The number of rotatable bonds is 5. The van der Waals surface area contributed by atoms with Gasteiger partial charge in [0, 0.05) is 11.9 Å². The Morgan fingerprint density at radius 2 is 2.29 bits per heavy atom. The lowest BCUT2D eigenvalue weighted by Gasteiger charge is -2.05. The zero-order valence-electron chi connectivity index (χ0n) is 8.79. The van der Waals surface area contributed by atoms with Crippen molar-refractivity contribution >= 4 is 0 Å². The summed E-state index contributed by atoms with van der Waals surface area (Å²) < 4.78 is 5.20. The molecule has 0 unspecified atom stereocenters. The molecule has 0 amide bonds. The molecule has 78 valence electrons. The molecule has 0 radical (unpaired) electrons. The Morgan fingerprint density at radius 3 is 2.86 bits per heavy atom. The van der Waals surface area contributed by atoms with Crippen LogP contribution in [0.5, 0.6) is 6.01 Å². The minimum Gasteiger partial charge on any atom is -0.464 e. The van der Waals surface area contributed by atoms with Crippen molar-refractivity contribution in [1.29, 1.82) is 0 Å². The molecule has 1 rings (SSSR count). The van der Waals surface area contributed by atoms with Crippen LogP contribution in [0, 0.1) is 6.92 Å². The maximum Gasteiger partial charge on any atom is 0.316 e. The van der Waals surface area contributed by atoms with Gasteiger partial charge in [-0.05, 0) is 38.8 Å². The van der Waals surface area contributed by atoms with Gasteiger partial charge < -0.3 is 10.5 Å². The molecule has 1 aromatic heterocycles. The Kier molecular flexibility index (Phi) is 4.32. The number of aryl methyl sites for hydroxylation is 2. The molecule has 0 aromatic carbocycles. The maximum atomic E-state index is 5.44. The van der Waals surface area contributed by atoms with Crippen molar-refractivity contribution in [3.63, 3.8) is 0 Å². The largest absolute Gasteiger partial charge is 0.464 e. The second-order valence-corrected chi connectivity index (χ2v) is 3.09. The Hall–Kier alpha value is -1.16. The van der Waals surface area contributed by atoms with Crippen molar-refractivity contribution in [3.05, 3.63) is 17.5 Å². The van der Waals surface area contributed by atoms with Crippen LogP contribution in [0.2, 0.25) is 0 Å². The van der Waals surface area contributed by atoms with Crippen LogP contribution in [-0.4, -0.2) is 23.1 Å². The van der Waals surface area contributed by atoms with Crippen LogP contribution in [0.1, 0.15) is 24.6 Å². The first kappa shape index (κ1) is 10.9. The Bertz CT molecular complexity index is 289. The van der Waals surface area contributed by atoms with Gasteiger partial charge in [-0.25, -0.2) is 9.97 Å². The van der Waals surface area contributed by atoms with Crippen LogP contribution >= 0.6 is 0 Å². The summed E-state index contributed by atoms with van der Waals surface area (Å²) in [5.74, 6) is 0. The molecule has 0 aliphatic rings. The lowest BCUT2D eigenvalue weighted by atomic mass is 10.1. The maximum absolute atomic E-state index is 5.44. The molecule has 0 spiro atoms. The summed E-state index contributed by atoms with van der Waals surface area (Å²) in [5.41, 5.74) is 7.57. The molecule has 0 aliphatic carbocycles. The van der Waals surface area contributed by atoms with E-state index in [1.165, 1.54) is 0 Å². The van der Waals surface area contributed by atoms with E-state index in [2.05, 4.69) is 9.97 Å². The molecular formula is C10H17N3O. The zero-order valence-corrected chi connectivity index (χ0v) is 8.79. The van der Waals surface area contributed by atoms with Gasteiger partial charge in [0.25, 0.3) is 0 Å². The molecule has 2 N–H and O–H groups in total. The standard InChI is InChI=1S/C10H17N3O/c1-3-14-10-12-7-9(5-4-6-11)8(2)13-10/h7H,3-6,11H2,1-2H3. The lowest BCUT2D eigenvalue weighted by Crippen LogP contribution is -2.04. The summed E-state index contributed by atoms with van der Waals surface area (Å²) in [6.07, 6.45) is 3.73. The molecule has 0 bridgehead atoms. The Labute approximate surface area is 84.5 Å². The van der Waals surface area contributed by atoms with Gasteiger partial charge in [-0.2, -0.15) is 0 Å². The van der Waals surface area contributed by atoms with Gasteiger partial charge in [0.05, 0.1) is 6.61 Å². The second-order valence-electron chi connectivity index (χ2n) is 3.09. The fourth-order valence-electron chi connectivity index (χ4n) is 1.21. The number of nitrogens with zero attached hydrogens (tertiary/aromatic N) is 2. The van der Waals surface area contributed by atoms with E-state index in [1.807, 2.05) is 20.0 Å². The molecule has 1 heterocycles. The fourth-order valence-corrected chi connectivity index (χ4v) is 1.21. The van der Waals surface area contributed by atoms with Crippen molar-refractivity contribution in [2.24, 2.45) is 5.73 Å². The Morgan fingerprint density at radius 1 is 1.50 bits per heavy atom. The van der Waals surface area contributed by atoms with Crippen molar-refractivity contribution in [2.75, 3.05) is 13.2 Å². The van der Waals surface area contributed by atoms with Gasteiger partial charge in [-0.3, -0.25) is 0 Å². The van der Waals surface area contributed by atoms with Gasteiger partial charge in [0.1, 0.15) is 0 Å². The second kappa shape index (κ2) is 5.54. The number of hydrogen-bond acceptors (Lipinski definition) is 4. The highest BCUT2D eigenvalue weighted by molar-refractivity contribution is 5.17. The SMILES string of the molecule is CCOc1ncc(CCCN)c(C)n1. The van der Waals surface area contributed by atoms with Gasteiger partial charge in [0.15, 0.2) is 0 Å². The van der Waals surface area contributed by atoms with Crippen LogP contribution in [0.4, 0.5) is 0 Å². The molecule has 4 heteroatoms. The molecule has 0 fully saturated rings. The summed E-state index contributed by atoms with van der Waals surface area (Å²) in [5, 5.41) is 0.